The normalized spacial score (nSPS) is 24.8. The lowest BCUT2D eigenvalue weighted by Crippen LogP contribution is -2.42. The second kappa shape index (κ2) is 11.1. The number of rotatable bonds is 5. The molecule has 3 N–H and O–H groups in total. The highest BCUT2D eigenvalue weighted by atomic mass is 16.3. The number of hydrogen-bond donors (Lipinski definition) is 3. The third-order valence-corrected chi connectivity index (χ3v) is 12.0. The molecule has 5 nitrogen and oxygen atoms in total. The van der Waals surface area contributed by atoms with E-state index in [-0.39, 0.29) is 17.6 Å². The van der Waals surface area contributed by atoms with E-state index < -0.39 is 6.10 Å². The van der Waals surface area contributed by atoms with Gasteiger partial charge in [0.05, 0.1) is 22.8 Å². The zero-order chi connectivity index (χ0) is 32.8. The van der Waals surface area contributed by atoms with Gasteiger partial charge in [-0.1, -0.05) is 90.1 Å². The van der Waals surface area contributed by atoms with Gasteiger partial charge in [-0.2, -0.15) is 0 Å². The van der Waals surface area contributed by atoms with Crippen LogP contribution >= 0.6 is 0 Å². The minimum Gasteiger partial charge on any atom is -0.506 e. The summed E-state index contributed by atoms with van der Waals surface area (Å²) < 4.78 is 2.56. The first kappa shape index (κ1) is 29.2. The van der Waals surface area contributed by atoms with Crippen LogP contribution in [0.15, 0.2) is 113 Å². The smallest absolute Gasteiger partial charge is 0.163 e. The Morgan fingerprint density at radius 1 is 0.837 bits per heavy atom. The molecule has 4 aromatic rings. The maximum Gasteiger partial charge on any atom is 0.163 e. The Hall–Kier alpha value is -4.74. The fourth-order valence-corrected chi connectivity index (χ4v) is 9.71. The third kappa shape index (κ3) is 4.48. The molecule has 246 valence electrons. The number of anilines is 1. The molecule has 0 bridgehead atoms. The van der Waals surface area contributed by atoms with Crippen molar-refractivity contribution in [3.8, 4) is 5.69 Å². The van der Waals surface area contributed by atoms with E-state index in [9.17, 15) is 15.3 Å². The molecule has 49 heavy (non-hydrogen) atoms. The highest BCUT2D eigenvalue weighted by Gasteiger charge is 2.42. The molecule has 3 unspecified atom stereocenters. The molecule has 2 heterocycles. The molecule has 0 radical (unpaired) electrons. The fraction of sp³-hybridized carbons (Fsp3) is 0.318. The van der Waals surface area contributed by atoms with Gasteiger partial charge in [-0.05, 0) is 87.0 Å². The first-order valence-corrected chi connectivity index (χ1v) is 18.3. The number of para-hydroxylation sites is 1. The molecule has 1 saturated carbocycles. The van der Waals surface area contributed by atoms with E-state index >= 15 is 0 Å². The summed E-state index contributed by atoms with van der Waals surface area (Å²) >= 11 is 0. The number of aliphatic hydroxyl groups excluding tert-OH is 3. The number of benzene rings is 3. The van der Waals surface area contributed by atoms with Crippen molar-refractivity contribution < 1.29 is 15.3 Å². The Balaban J connectivity index is 1.14. The molecular weight excluding hydrogens is 604 g/mol. The van der Waals surface area contributed by atoms with Gasteiger partial charge < -0.3 is 24.8 Å². The average Bonchev–Trinajstić information content (AvgIpc) is 3.83. The van der Waals surface area contributed by atoms with Gasteiger partial charge in [-0.15, -0.1) is 0 Å². The van der Waals surface area contributed by atoms with Crippen LogP contribution in [-0.2, 0) is 6.42 Å². The SMILES string of the molecule is OC1=C(O)C(O)CC(CC2=CCCC(N3c4c(ccc5c6ccc7c(c6n(-c6ccccc6)c45)C=CCC7)C4=CC=CCC43)C2)=C1C1CC1. The van der Waals surface area contributed by atoms with Crippen LogP contribution < -0.4 is 4.90 Å². The molecule has 0 amide bonds. The van der Waals surface area contributed by atoms with Crippen molar-refractivity contribution in [2.45, 2.75) is 82.4 Å². The molecule has 1 aromatic heterocycles. The molecule has 10 rings (SSSR count). The van der Waals surface area contributed by atoms with Crippen LogP contribution in [0.1, 0.15) is 74.5 Å². The molecule has 0 spiro atoms. The van der Waals surface area contributed by atoms with Crippen molar-refractivity contribution in [3.05, 3.63) is 130 Å². The summed E-state index contributed by atoms with van der Waals surface area (Å²) in [4.78, 5) is 2.79. The van der Waals surface area contributed by atoms with Gasteiger partial charge >= 0.3 is 0 Å². The quantitative estimate of drug-likeness (QED) is 0.189. The van der Waals surface area contributed by atoms with Crippen LogP contribution in [0.5, 0.6) is 0 Å². The van der Waals surface area contributed by atoms with E-state index in [2.05, 4.69) is 101 Å². The van der Waals surface area contributed by atoms with Crippen LogP contribution in [0.4, 0.5) is 5.69 Å². The summed E-state index contributed by atoms with van der Waals surface area (Å²) in [5.74, 6) is -0.0331. The van der Waals surface area contributed by atoms with E-state index in [0.29, 0.717) is 18.4 Å². The first-order chi connectivity index (χ1) is 24.1. The van der Waals surface area contributed by atoms with Crippen LogP contribution in [0.25, 0.3) is 39.1 Å². The summed E-state index contributed by atoms with van der Waals surface area (Å²) in [6, 6.07) is 21.0. The predicted octanol–water partition coefficient (Wildman–Crippen LogP) is 9.94. The monoisotopic (exact) mass is 646 g/mol. The minimum absolute atomic E-state index is 0.0744. The highest BCUT2D eigenvalue weighted by molar-refractivity contribution is 6.18. The topological polar surface area (TPSA) is 68.9 Å². The standard InChI is InChI=1S/C44H42N2O3/c47-38-25-29(39(28-17-18-28)44(49)43(38)48)23-26-9-8-13-31(24-26)45-37-16-7-6-15-33(37)34-21-22-36-35-20-19-27-10-4-5-14-32(27)40(35)46(42(36)41(34)45)30-11-2-1-3-12-30/h1-3,5-7,9,11-12,14-15,19-22,28,31,37-38,47-49H,4,8,10,13,16-18,23-25H2. The van der Waals surface area contributed by atoms with Crippen LogP contribution in [-0.4, -0.2) is 38.1 Å². The molecule has 5 aliphatic carbocycles. The second-order valence-electron chi connectivity index (χ2n) is 14.9. The van der Waals surface area contributed by atoms with E-state index in [4.69, 9.17) is 0 Å². The number of aromatic nitrogens is 1. The van der Waals surface area contributed by atoms with E-state index in [1.165, 1.54) is 61.0 Å². The number of nitrogens with zero attached hydrogens (tertiary/aromatic N) is 2. The van der Waals surface area contributed by atoms with Gasteiger partial charge in [0.25, 0.3) is 0 Å². The number of aryl methyl sites for hydroxylation is 1. The summed E-state index contributed by atoms with van der Waals surface area (Å²) in [6.45, 7) is 0. The molecule has 1 fully saturated rings. The zero-order valence-electron chi connectivity index (χ0n) is 27.8. The lowest BCUT2D eigenvalue weighted by atomic mass is 9.82. The molecule has 1 aliphatic heterocycles. The van der Waals surface area contributed by atoms with Crippen LogP contribution in [0.2, 0.25) is 0 Å². The van der Waals surface area contributed by atoms with Gasteiger partial charge in [0.15, 0.2) is 11.5 Å². The van der Waals surface area contributed by atoms with Gasteiger partial charge in [0, 0.05) is 45.6 Å². The van der Waals surface area contributed by atoms with E-state index in [1.54, 1.807) is 0 Å². The number of allylic oxidation sites excluding steroid dienone is 5. The predicted molar refractivity (Wildman–Crippen MR) is 199 cm³/mol. The van der Waals surface area contributed by atoms with Crippen molar-refractivity contribution in [2.75, 3.05) is 4.90 Å². The van der Waals surface area contributed by atoms with Gasteiger partial charge in [0.1, 0.15) is 6.10 Å². The van der Waals surface area contributed by atoms with Crippen LogP contribution in [0.3, 0.4) is 0 Å². The molecule has 3 aromatic carbocycles. The maximum atomic E-state index is 10.9. The molecule has 5 heteroatoms. The lowest BCUT2D eigenvalue weighted by Gasteiger charge is -2.39. The van der Waals surface area contributed by atoms with Crippen molar-refractivity contribution in [1.82, 2.24) is 4.57 Å². The largest absolute Gasteiger partial charge is 0.506 e. The van der Waals surface area contributed by atoms with Crippen molar-refractivity contribution >= 4 is 39.1 Å². The van der Waals surface area contributed by atoms with Crippen molar-refractivity contribution in [3.63, 3.8) is 0 Å². The zero-order valence-corrected chi connectivity index (χ0v) is 27.8. The summed E-state index contributed by atoms with van der Waals surface area (Å²) in [7, 11) is 0. The maximum absolute atomic E-state index is 10.9. The molecule has 0 saturated heterocycles. The van der Waals surface area contributed by atoms with Crippen molar-refractivity contribution in [2.24, 2.45) is 5.92 Å². The fourth-order valence-electron chi connectivity index (χ4n) is 9.71. The molecule has 6 aliphatic rings. The summed E-state index contributed by atoms with van der Waals surface area (Å²) in [5.41, 5.74) is 14.1. The summed E-state index contributed by atoms with van der Waals surface area (Å²) in [5, 5.41) is 34.6. The Bertz CT molecular complexity index is 2240. The Morgan fingerprint density at radius 2 is 1.67 bits per heavy atom. The molecule has 3 atom stereocenters. The van der Waals surface area contributed by atoms with Gasteiger partial charge in [-0.25, -0.2) is 0 Å². The van der Waals surface area contributed by atoms with Gasteiger partial charge in [-0.3, -0.25) is 0 Å². The lowest BCUT2D eigenvalue weighted by molar-refractivity contribution is 0.134. The number of fused-ring (bicyclic) bond motifs is 9. The van der Waals surface area contributed by atoms with Gasteiger partial charge in [0.2, 0.25) is 0 Å². The number of hydrogen-bond acceptors (Lipinski definition) is 4. The Morgan fingerprint density at radius 3 is 2.53 bits per heavy atom. The van der Waals surface area contributed by atoms with E-state index in [1.807, 2.05) is 0 Å². The summed E-state index contributed by atoms with van der Waals surface area (Å²) in [6.07, 6.45) is 22.4. The van der Waals surface area contributed by atoms with Crippen molar-refractivity contribution in [1.29, 1.82) is 0 Å². The first-order valence-electron chi connectivity index (χ1n) is 18.3. The Kier molecular flexibility index (Phi) is 6.64. The minimum atomic E-state index is -1.03. The third-order valence-electron chi connectivity index (χ3n) is 12.0. The average molecular weight is 647 g/mol. The highest BCUT2D eigenvalue weighted by Crippen LogP contribution is 2.53. The number of aliphatic hydroxyl groups is 3. The van der Waals surface area contributed by atoms with E-state index in [0.717, 1.165) is 68.9 Å². The Labute approximate surface area is 287 Å². The second-order valence-corrected chi connectivity index (χ2v) is 14.9. The molecular formula is C44H42N2O3. The van der Waals surface area contributed by atoms with Crippen LogP contribution in [0, 0.1) is 5.92 Å².